The summed E-state index contributed by atoms with van der Waals surface area (Å²) in [5.74, 6) is -2.69. The Morgan fingerprint density at radius 2 is 1.32 bits per heavy atom. The fourth-order valence-corrected chi connectivity index (χ4v) is 6.05. The molecular weight excluding hydrogens is 496 g/mol. The van der Waals surface area contributed by atoms with Crippen LogP contribution in [0.4, 0.5) is 0 Å². The fraction of sp³-hybridized carbons (Fsp3) is 0.926. The molecule has 0 spiro atoms. The standard InChI is InChI=1S/C17H28N2O7S.C10H20/c1-15(2)23-10-6-22-17(9-19-12(21)8-27-7-11(20)18-5)14(13(10)24-15)25-16(3,4)26-17;1-2-4-6-8-10-9-7-5-3-1/h10,13-14H,6-9H2,1-5H3,(H,18,20)(H,19,21);1-10H2/t10-,13-,14+,17+;/m1./s1. The van der Waals surface area contributed by atoms with E-state index >= 15 is 0 Å². The van der Waals surface area contributed by atoms with Crippen molar-refractivity contribution in [3.05, 3.63) is 0 Å². The van der Waals surface area contributed by atoms with Gasteiger partial charge in [0.2, 0.25) is 17.6 Å². The zero-order valence-corrected chi connectivity index (χ0v) is 24.2. The number of nitrogens with one attached hydrogen (secondary N) is 2. The average molecular weight is 545 g/mol. The van der Waals surface area contributed by atoms with Crippen LogP contribution in [0.15, 0.2) is 0 Å². The number of carbonyl (C=O) groups excluding carboxylic acids is 2. The van der Waals surface area contributed by atoms with Gasteiger partial charge in [0, 0.05) is 7.05 Å². The molecule has 4 atom stereocenters. The van der Waals surface area contributed by atoms with Crippen molar-refractivity contribution in [1.29, 1.82) is 0 Å². The molecule has 3 saturated heterocycles. The highest BCUT2D eigenvalue weighted by atomic mass is 32.2. The normalized spacial score (nSPS) is 32.7. The molecule has 9 nitrogen and oxygen atoms in total. The van der Waals surface area contributed by atoms with Crippen LogP contribution in [-0.4, -0.2) is 79.2 Å². The minimum Gasteiger partial charge on any atom is -0.358 e. The van der Waals surface area contributed by atoms with Crippen molar-refractivity contribution in [3.8, 4) is 0 Å². The predicted molar refractivity (Wildman–Crippen MR) is 143 cm³/mol. The zero-order valence-electron chi connectivity index (χ0n) is 23.4. The van der Waals surface area contributed by atoms with Gasteiger partial charge in [-0.15, -0.1) is 11.8 Å². The van der Waals surface area contributed by atoms with Crippen LogP contribution in [0.1, 0.15) is 91.9 Å². The highest BCUT2D eigenvalue weighted by Crippen LogP contribution is 2.47. The van der Waals surface area contributed by atoms with Crippen LogP contribution in [0.5, 0.6) is 0 Å². The summed E-state index contributed by atoms with van der Waals surface area (Å²) in [5, 5.41) is 5.34. The van der Waals surface area contributed by atoms with Crippen molar-refractivity contribution < 1.29 is 33.3 Å². The molecule has 2 N–H and O–H groups in total. The van der Waals surface area contributed by atoms with Gasteiger partial charge in [-0.05, 0) is 27.7 Å². The molecule has 0 unspecified atom stereocenters. The Morgan fingerprint density at radius 3 is 1.86 bits per heavy atom. The van der Waals surface area contributed by atoms with Crippen molar-refractivity contribution in [1.82, 2.24) is 10.6 Å². The monoisotopic (exact) mass is 544 g/mol. The first-order chi connectivity index (χ1) is 17.6. The molecule has 214 valence electrons. The first-order valence-electron chi connectivity index (χ1n) is 14.0. The number of amides is 2. The number of carbonyl (C=O) groups is 2. The first-order valence-corrected chi connectivity index (χ1v) is 15.1. The van der Waals surface area contributed by atoms with Crippen LogP contribution >= 0.6 is 11.8 Å². The van der Waals surface area contributed by atoms with Gasteiger partial charge in [0.05, 0.1) is 24.7 Å². The Kier molecular flexibility index (Phi) is 11.5. The lowest BCUT2D eigenvalue weighted by Crippen LogP contribution is -2.62. The first kappa shape index (κ1) is 30.6. The van der Waals surface area contributed by atoms with E-state index in [1.807, 2.05) is 13.8 Å². The highest BCUT2D eigenvalue weighted by Gasteiger charge is 2.65. The number of hydrogen-bond acceptors (Lipinski definition) is 8. The van der Waals surface area contributed by atoms with E-state index < -0.39 is 23.5 Å². The van der Waals surface area contributed by atoms with Gasteiger partial charge in [-0.1, -0.05) is 64.2 Å². The third-order valence-corrected chi connectivity index (χ3v) is 7.98. The Balaban J connectivity index is 0.000000319. The van der Waals surface area contributed by atoms with Crippen molar-refractivity contribution in [2.75, 3.05) is 31.7 Å². The molecular formula is C27H48N2O7S. The van der Waals surface area contributed by atoms with Crippen LogP contribution in [0.25, 0.3) is 0 Å². The summed E-state index contributed by atoms with van der Waals surface area (Å²) in [6.45, 7) is 7.69. The summed E-state index contributed by atoms with van der Waals surface area (Å²) in [7, 11) is 1.56. The van der Waals surface area contributed by atoms with E-state index in [-0.39, 0.29) is 48.7 Å². The molecule has 4 rings (SSSR count). The smallest absolute Gasteiger partial charge is 0.230 e. The summed E-state index contributed by atoms with van der Waals surface area (Å²) >= 11 is 1.24. The zero-order chi connectivity index (χ0) is 26.9. The lowest BCUT2D eigenvalue weighted by Gasteiger charge is -2.40. The van der Waals surface area contributed by atoms with Crippen LogP contribution in [0.3, 0.4) is 0 Å². The van der Waals surface area contributed by atoms with Gasteiger partial charge in [-0.25, -0.2) is 0 Å². The second-order valence-electron chi connectivity index (χ2n) is 11.3. The topological polar surface area (TPSA) is 104 Å². The summed E-state index contributed by atoms with van der Waals surface area (Å²) in [6.07, 6.45) is 13.9. The maximum Gasteiger partial charge on any atom is 0.230 e. The lowest BCUT2D eigenvalue weighted by atomic mass is 9.97. The van der Waals surface area contributed by atoms with Crippen molar-refractivity contribution in [2.45, 2.75) is 128 Å². The van der Waals surface area contributed by atoms with Gasteiger partial charge in [-0.3, -0.25) is 9.59 Å². The summed E-state index contributed by atoms with van der Waals surface area (Å²) < 4.78 is 30.0. The molecule has 1 saturated carbocycles. The van der Waals surface area contributed by atoms with E-state index in [0.29, 0.717) is 0 Å². The molecule has 0 aromatic rings. The maximum atomic E-state index is 12.2. The summed E-state index contributed by atoms with van der Waals surface area (Å²) in [5.41, 5.74) is 0. The number of hydrogen-bond donors (Lipinski definition) is 2. The van der Waals surface area contributed by atoms with Crippen molar-refractivity contribution >= 4 is 23.6 Å². The Hall–Kier alpha value is -0.910. The molecule has 3 heterocycles. The fourth-order valence-electron chi connectivity index (χ4n) is 5.33. The molecule has 0 aromatic heterocycles. The molecule has 10 heteroatoms. The second kappa shape index (κ2) is 13.9. The molecule has 2 amide bonds. The van der Waals surface area contributed by atoms with Gasteiger partial charge < -0.3 is 34.3 Å². The van der Waals surface area contributed by atoms with Crippen LogP contribution in [-0.2, 0) is 33.3 Å². The molecule has 0 aromatic carbocycles. The number of fused-ring (bicyclic) bond motifs is 3. The van der Waals surface area contributed by atoms with Gasteiger partial charge in [0.25, 0.3) is 0 Å². The highest BCUT2D eigenvalue weighted by molar-refractivity contribution is 8.00. The van der Waals surface area contributed by atoms with Crippen LogP contribution in [0, 0.1) is 0 Å². The molecule has 0 radical (unpaired) electrons. The number of ether oxygens (including phenoxy) is 5. The third kappa shape index (κ3) is 9.35. The Bertz CT molecular complexity index is 717. The minimum absolute atomic E-state index is 0.119. The van der Waals surface area contributed by atoms with Crippen molar-refractivity contribution in [3.63, 3.8) is 0 Å². The minimum atomic E-state index is -1.14. The average Bonchev–Trinajstić information content (AvgIpc) is 3.32. The van der Waals surface area contributed by atoms with E-state index in [1.165, 1.54) is 76.0 Å². The molecule has 1 aliphatic carbocycles. The van der Waals surface area contributed by atoms with Crippen LogP contribution in [0.2, 0.25) is 0 Å². The van der Waals surface area contributed by atoms with E-state index in [4.69, 9.17) is 23.7 Å². The molecule has 37 heavy (non-hydrogen) atoms. The Labute approximate surface area is 226 Å². The molecule has 3 aliphatic heterocycles. The van der Waals surface area contributed by atoms with Gasteiger partial charge >= 0.3 is 0 Å². The molecule has 4 fully saturated rings. The van der Waals surface area contributed by atoms with Crippen molar-refractivity contribution in [2.24, 2.45) is 0 Å². The Morgan fingerprint density at radius 1 is 0.784 bits per heavy atom. The number of thioether (sulfide) groups is 1. The van der Waals surface area contributed by atoms with Crippen LogP contribution < -0.4 is 10.6 Å². The predicted octanol–water partition coefficient (Wildman–Crippen LogP) is 3.88. The van der Waals surface area contributed by atoms with Gasteiger partial charge in [0.15, 0.2) is 11.6 Å². The van der Waals surface area contributed by atoms with E-state index in [1.54, 1.807) is 20.9 Å². The molecule has 4 aliphatic rings. The number of rotatable bonds is 6. The van der Waals surface area contributed by atoms with E-state index in [2.05, 4.69) is 10.6 Å². The molecule has 0 bridgehead atoms. The quantitative estimate of drug-likeness (QED) is 0.519. The van der Waals surface area contributed by atoms with Gasteiger partial charge in [0.1, 0.15) is 18.3 Å². The van der Waals surface area contributed by atoms with E-state index in [9.17, 15) is 9.59 Å². The largest absolute Gasteiger partial charge is 0.358 e. The maximum absolute atomic E-state index is 12.2. The third-order valence-electron chi connectivity index (χ3n) is 7.05. The lowest BCUT2D eigenvalue weighted by molar-refractivity contribution is -0.277. The second-order valence-corrected chi connectivity index (χ2v) is 12.3. The summed E-state index contributed by atoms with van der Waals surface area (Å²) in [4.78, 5) is 23.4. The SMILES string of the molecule is C1CCCCCCCCC1.CNC(=O)CSCC(=O)NC[C@@]12OC[C@H]3OC(C)(C)O[C@H]3[C@@H]1OC(C)(C)O2. The summed E-state index contributed by atoms with van der Waals surface area (Å²) in [6, 6.07) is 0. The van der Waals surface area contributed by atoms with E-state index in [0.717, 1.165) is 0 Å². The van der Waals surface area contributed by atoms with Gasteiger partial charge in [-0.2, -0.15) is 0 Å².